The Morgan fingerprint density at radius 1 is 1.47 bits per heavy atom. The number of nitrogens with two attached hydrogens (primary N) is 1. The third kappa shape index (κ3) is 1.07. The van der Waals surface area contributed by atoms with Crippen molar-refractivity contribution < 1.29 is 0 Å². The summed E-state index contributed by atoms with van der Waals surface area (Å²) in [7, 11) is 0. The Bertz CT molecular complexity index is 512. The molecule has 1 saturated carbocycles. The molecule has 2 aromatic rings. The second-order valence-electron chi connectivity index (χ2n) is 4.97. The lowest BCUT2D eigenvalue weighted by molar-refractivity contribution is 0.600. The molecule has 0 amide bonds. The van der Waals surface area contributed by atoms with Gasteiger partial charge in [0.05, 0.1) is 0 Å². The first-order valence-corrected chi connectivity index (χ1v) is 5.30. The predicted octanol–water partition coefficient (Wildman–Crippen LogP) is 2.01. The van der Waals surface area contributed by atoms with Crippen LogP contribution in [0.25, 0.3) is 11.0 Å². The van der Waals surface area contributed by atoms with E-state index in [1.807, 2.05) is 6.07 Å². The van der Waals surface area contributed by atoms with E-state index in [9.17, 15) is 0 Å². The SMILES string of the molecule is CC1(C)C(N)C1c1c[nH]c2ncccc12. The van der Waals surface area contributed by atoms with Crippen LogP contribution in [0.3, 0.4) is 0 Å². The van der Waals surface area contributed by atoms with E-state index in [2.05, 4.69) is 36.1 Å². The Hall–Kier alpha value is -1.35. The van der Waals surface area contributed by atoms with E-state index in [0.717, 1.165) is 5.65 Å². The van der Waals surface area contributed by atoms with Crippen LogP contribution in [-0.2, 0) is 0 Å². The third-order valence-corrected chi connectivity index (χ3v) is 3.73. The van der Waals surface area contributed by atoms with Crippen molar-refractivity contribution in [2.24, 2.45) is 11.1 Å². The van der Waals surface area contributed by atoms with Crippen molar-refractivity contribution in [3.63, 3.8) is 0 Å². The van der Waals surface area contributed by atoms with Crippen molar-refractivity contribution in [1.82, 2.24) is 9.97 Å². The largest absolute Gasteiger partial charge is 0.346 e. The minimum Gasteiger partial charge on any atom is -0.346 e. The van der Waals surface area contributed by atoms with Crippen LogP contribution in [0.5, 0.6) is 0 Å². The van der Waals surface area contributed by atoms with Crippen LogP contribution in [0, 0.1) is 5.41 Å². The summed E-state index contributed by atoms with van der Waals surface area (Å²) < 4.78 is 0. The normalized spacial score (nSPS) is 28.2. The molecule has 2 atom stereocenters. The van der Waals surface area contributed by atoms with Gasteiger partial charge in [-0.2, -0.15) is 0 Å². The molecule has 0 aliphatic heterocycles. The average molecular weight is 201 g/mol. The highest BCUT2D eigenvalue weighted by molar-refractivity contribution is 5.81. The number of H-pyrrole nitrogens is 1. The lowest BCUT2D eigenvalue weighted by atomic mass is 10.0. The number of pyridine rings is 1. The van der Waals surface area contributed by atoms with Crippen LogP contribution in [-0.4, -0.2) is 16.0 Å². The van der Waals surface area contributed by atoms with Crippen LogP contribution in [0.4, 0.5) is 0 Å². The fourth-order valence-corrected chi connectivity index (χ4v) is 2.51. The summed E-state index contributed by atoms with van der Waals surface area (Å²) in [6, 6.07) is 4.35. The summed E-state index contributed by atoms with van der Waals surface area (Å²) in [4.78, 5) is 7.49. The molecule has 2 unspecified atom stereocenters. The topological polar surface area (TPSA) is 54.7 Å². The van der Waals surface area contributed by atoms with Gasteiger partial charge in [-0.05, 0) is 23.1 Å². The number of fused-ring (bicyclic) bond motifs is 1. The quantitative estimate of drug-likeness (QED) is 0.741. The molecule has 0 saturated heterocycles. The Kier molecular flexibility index (Phi) is 1.55. The van der Waals surface area contributed by atoms with Gasteiger partial charge in [0.1, 0.15) is 5.65 Å². The summed E-state index contributed by atoms with van der Waals surface area (Å²) in [6.07, 6.45) is 3.86. The van der Waals surface area contributed by atoms with Crippen molar-refractivity contribution in [2.75, 3.05) is 0 Å². The van der Waals surface area contributed by atoms with Crippen LogP contribution in [0.15, 0.2) is 24.5 Å². The standard InChI is InChI=1S/C12H15N3/c1-12(2)9(10(12)13)8-6-15-11-7(8)4-3-5-14-11/h3-6,9-10H,13H2,1-2H3,(H,14,15). The van der Waals surface area contributed by atoms with Crippen molar-refractivity contribution in [3.05, 3.63) is 30.1 Å². The van der Waals surface area contributed by atoms with Gasteiger partial charge in [0.2, 0.25) is 0 Å². The number of aromatic nitrogens is 2. The molecule has 0 radical (unpaired) electrons. The maximum Gasteiger partial charge on any atom is 0.137 e. The van der Waals surface area contributed by atoms with E-state index < -0.39 is 0 Å². The molecule has 3 N–H and O–H groups in total. The molecular weight excluding hydrogens is 186 g/mol. The molecule has 15 heavy (non-hydrogen) atoms. The molecule has 2 heterocycles. The van der Waals surface area contributed by atoms with Gasteiger partial charge in [0.15, 0.2) is 0 Å². The zero-order valence-electron chi connectivity index (χ0n) is 8.99. The van der Waals surface area contributed by atoms with Gasteiger partial charge in [-0.1, -0.05) is 13.8 Å². The molecule has 3 rings (SSSR count). The average Bonchev–Trinajstić information content (AvgIpc) is 2.63. The number of rotatable bonds is 1. The molecule has 0 spiro atoms. The zero-order chi connectivity index (χ0) is 10.6. The lowest BCUT2D eigenvalue weighted by Crippen LogP contribution is -2.06. The first-order chi connectivity index (χ1) is 7.12. The molecule has 1 aliphatic carbocycles. The van der Waals surface area contributed by atoms with E-state index in [-0.39, 0.29) is 11.5 Å². The smallest absolute Gasteiger partial charge is 0.137 e. The molecule has 3 nitrogen and oxygen atoms in total. The number of nitrogens with zero attached hydrogens (tertiary/aromatic N) is 1. The number of hydrogen-bond acceptors (Lipinski definition) is 2. The highest BCUT2D eigenvalue weighted by Gasteiger charge is 2.56. The van der Waals surface area contributed by atoms with Crippen molar-refractivity contribution in [3.8, 4) is 0 Å². The van der Waals surface area contributed by atoms with Crippen LogP contribution in [0.2, 0.25) is 0 Å². The Balaban J connectivity index is 2.14. The van der Waals surface area contributed by atoms with Gasteiger partial charge in [-0.15, -0.1) is 0 Å². The molecule has 78 valence electrons. The predicted molar refractivity (Wildman–Crippen MR) is 60.6 cm³/mol. The van der Waals surface area contributed by atoms with E-state index in [1.165, 1.54) is 10.9 Å². The fourth-order valence-electron chi connectivity index (χ4n) is 2.51. The maximum atomic E-state index is 6.09. The number of nitrogens with one attached hydrogen (secondary N) is 1. The minimum atomic E-state index is 0.227. The van der Waals surface area contributed by atoms with Crippen LogP contribution in [0.1, 0.15) is 25.3 Å². The molecule has 1 aliphatic rings. The summed E-state index contributed by atoms with van der Waals surface area (Å²) in [5.41, 5.74) is 8.60. The number of aromatic amines is 1. The monoisotopic (exact) mass is 201 g/mol. The molecular formula is C12H15N3. The molecule has 3 heteroatoms. The molecule has 2 aromatic heterocycles. The van der Waals surface area contributed by atoms with Crippen LogP contribution >= 0.6 is 0 Å². The lowest BCUT2D eigenvalue weighted by Gasteiger charge is -2.00. The van der Waals surface area contributed by atoms with Gasteiger partial charge in [0.25, 0.3) is 0 Å². The Morgan fingerprint density at radius 3 is 2.87 bits per heavy atom. The highest BCUT2D eigenvalue weighted by atomic mass is 14.9. The summed E-state index contributed by atoms with van der Waals surface area (Å²) >= 11 is 0. The van der Waals surface area contributed by atoms with E-state index in [0.29, 0.717) is 5.92 Å². The van der Waals surface area contributed by atoms with Gasteiger partial charge >= 0.3 is 0 Å². The van der Waals surface area contributed by atoms with Gasteiger partial charge < -0.3 is 10.7 Å². The highest BCUT2D eigenvalue weighted by Crippen LogP contribution is 2.58. The summed E-state index contributed by atoms with van der Waals surface area (Å²) in [5, 5.41) is 1.21. The van der Waals surface area contributed by atoms with Gasteiger partial charge in [0, 0.05) is 29.7 Å². The summed E-state index contributed by atoms with van der Waals surface area (Å²) in [5.74, 6) is 0.468. The Labute approximate surface area is 88.7 Å². The van der Waals surface area contributed by atoms with Crippen molar-refractivity contribution in [2.45, 2.75) is 25.8 Å². The molecule has 0 aromatic carbocycles. The molecule has 1 fully saturated rings. The van der Waals surface area contributed by atoms with E-state index >= 15 is 0 Å². The molecule has 0 bridgehead atoms. The van der Waals surface area contributed by atoms with Gasteiger partial charge in [-0.3, -0.25) is 0 Å². The fraction of sp³-hybridized carbons (Fsp3) is 0.417. The Morgan fingerprint density at radius 2 is 2.20 bits per heavy atom. The summed E-state index contributed by atoms with van der Waals surface area (Å²) in [6.45, 7) is 4.44. The van der Waals surface area contributed by atoms with E-state index in [1.54, 1.807) is 6.20 Å². The van der Waals surface area contributed by atoms with Crippen LogP contribution < -0.4 is 5.73 Å². The second-order valence-corrected chi connectivity index (χ2v) is 4.97. The second kappa shape index (κ2) is 2.61. The van der Waals surface area contributed by atoms with Crippen molar-refractivity contribution in [1.29, 1.82) is 0 Å². The van der Waals surface area contributed by atoms with E-state index in [4.69, 9.17) is 5.73 Å². The first kappa shape index (κ1) is 8.92. The first-order valence-electron chi connectivity index (χ1n) is 5.30. The minimum absolute atomic E-state index is 0.227. The number of hydrogen-bond donors (Lipinski definition) is 2. The van der Waals surface area contributed by atoms with Crippen molar-refractivity contribution >= 4 is 11.0 Å². The third-order valence-electron chi connectivity index (χ3n) is 3.73. The maximum absolute atomic E-state index is 6.09. The zero-order valence-corrected chi connectivity index (χ0v) is 8.99. The van der Waals surface area contributed by atoms with Gasteiger partial charge in [-0.25, -0.2) is 4.98 Å².